The second-order valence-corrected chi connectivity index (χ2v) is 9.80. The van der Waals surface area contributed by atoms with E-state index >= 15 is 0 Å². The molecule has 6 heteroatoms. The number of likely N-dealkylation sites (N-methyl/N-ethyl adjacent to an activating group) is 1. The van der Waals surface area contributed by atoms with Crippen molar-refractivity contribution in [3.8, 4) is 0 Å². The summed E-state index contributed by atoms with van der Waals surface area (Å²) in [7, 11) is 0. The minimum absolute atomic E-state index is 0.0699. The second-order valence-electron chi connectivity index (χ2n) is 7.35. The van der Waals surface area contributed by atoms with Crippen LogP contribution in [-0.4, -0.2) is 44.9 Å². The first-order chi connectivity index (χ1) is 14.2. The average Bonchev–Trinajstić information content (AvgIpc) is 3.52. The number of hydrogen-bond donors (Lipinski definition) is 0. The molecule has 1 aliphatic carbocycles. The third kappa shape index (κ3) is 4.67. The van der Waals surface area contributed by atoms with E-state index < -0.39 is 5.41 Å². The summed E-state index contributed by atoms with van der Waals surface area (Å²) in [6, 6.07) is 20.3. The number of hydrogen-bond acceptors (Lipinski definition) is 2. The van der Waals surface area contributed by atoms with Crippen molar-refractivity contribution in [2.24, 2.45) is 11.0 Å². The molecule has 0 aliphatic heterocycles. The van der Waals surface area contributed by atoms with Crippen molar-refractivity contribution in [2.75, 3.05) is 13.1 Å². The van der Waals surface area contributed by atoms with E-state index in [1.807, 2.05) is 55.1 Å². The third-order valence-corrected chi connectivity index (χ3v) is 8.02. The first kappa shape index (κ1) is 21.4. The zero-order chi connectivity index (χ0) is 20.7. The fourth-order valence-corrected chi connectivity index (χ4v) is 6.18. The van der Waals surface area contributed by atoms with Gasteiger partial charge in [0.15, 0.2) is 0 Å². The molecule has 1 saturated carbocycles. The molecule has 3 rings (SSSR count). The molecule has 152 valence electrons. The molecule has 0 aromatic heterocycles. The van der Waals surface area contributed by atoms with Crippen molar-refractivity contribution in [3.63, 3.8) is 0 Å². The molecule has 0 radical (unpaired) electrons. The predicted molar refractivity (Wildman–Crippen MR) is 118 cm³/mol. The van der Waals surface area contributed by atoms with Crippen molar-refractivity contribution in [1.29, 1.82) is 0 Å². The first-order valence-electron chi connectivity index (χ1n) is 10.2. The van der Waals surface area contributed by atoms with Crippen LogP contribution in [0, 0.1) is 5.92 Å². The number of rotatable bonds is 10. The quantitative estimate of drug-likeness (QED) is 0.228. The van der Waals surface area contributed by atoms with Gasteiger partial charge in [-0.3, -0.25) is 0 Å². The fourth-order valence-electron chi connectivity index (χ4n) is 4.20. The molecule has 0 spiro atoms. The topological polar surface area (TPSA) is 69.1 Å². The van der Waals surface area contributed by atoms with Gasteiger partial charge in [0, 0.05) is 0 Å². The van der Waals surface area contributed by atoms with Crippen molar-refractivity contribution in [3.05, 3.63) is 76.7 Å². The van der Waals surface area contributed by atoms with Gasteiger partial charge in [0.1, 0.15) is 0 Å². The first-order valence-corrected chi connectivity index (χ1v) is 12.3. The molecular formula is C23H28N4OSe. The average molecular weight is 455 g/mol. The Bertz CT molecular complexity index is 850. The van der Waals surface area contributed by atoms with Gasteiger partial charge in [-0.25, -0.2) is 0 Å². The summed E-state index contributed by atoms with van der Waals surface area (Å²) in [4.78, 5) is 18.5. The molecule has 1 aliphatic rings. The number of carbonyl (C=O) groups excluding carboxylic acids is 1. The van der Waals surface area contributed by atoms with Crippen LogP contribution in [0.25, 0.3) is 10.4 Å². The van der Waals surface area contributed by atoms with Gasteiger partial charge in [0.2, 0.25) is 0 Å². The summed E-state index contributed by atoms with van der Waals surface area (Å²) >= 11 is 0.345. The summed E-state index contributed by atoms with van der Waals surface area (Å²) in [6.07, 6.45) is 1.58. The van der Waals surface area contributed by atoms with Gasteiger partial charge in [-0.2, -0.15) is 0 Å². The van der Waals surface area contributed by atoms with Gasteiger partial charge in [0.05, 0.1) is 0 Å². The summed E-state index contributed by atoms with van der Waals surface area (Å²) in [5, 5.41) is 5.15. The molecule has 0 unspecified atom stereocenters. The van der Waals surface area contributed by atoms with Gasteiger partial charge in [-0.05, 0) is 0 Å². The van der Waals surface area contributed by atoms with E-state index in [1.54, 1.807) is 0 Å². The molecule has 5 nitrogen and oxygen atoms in total. The number of carbonyl (C=O) groups is 1. The molecule has 0 saturated heterocycles. The van der Waals surface area contributed by atoms with Gasteiger partial charge in [0.25, 0.3) is 0 Å². The molecule has 0 N–H and O–H groups in total. The van der Waals surface area contributed by atoms with Crippen LogP contribution in [0.5, 0.6) is 0 Å². The van der Waals surface area contributed by atoms with Gasteiger partial charge >= 0.3 is 179 Å². The number of benzene rings is 2. The van der Waals surface area contributed by atoms with Crippen LogP contribution >= 0.6 is 0 Å². The Morgan fingerprint density at radius 3 is 2.38 bits per heavy atom. The molecule has 0 bridgehead atoms. The predicted octanol–water partition coefficient (Wildman–Crippen LogP) is 4.33. The molecule has 0 heterocycles. The summed E-state index contributed by atoms with van der Waals surface area (Å²) < 4.78 is 1.35. The molecule has 3 atom stereocenters. The van der Waals surface area contributed by atoms with E-state index in [4.69, 9.17) is 0 Å². The number of nitrogens with zero attached hydrogens (tertiary/aromatic N) is 4. The van der Waals surface area contributed by atoms with Gasteiger partial charge in [-0.15, -0.1) is 0 Å². The van der Waals surface area contributed by atoms with Gasteiger partial charge < -0.3 is 0 Å². The van der Waals surface area contributed by atoms with Crippen LogP contribution in [0.15, 0.2) is 65.8 Å². The maximum absolute atomic E-state index is 13.5. The van der Waals surface area contributed by atoms with E-state index in [-0.39, 0.29) is 17.9 Å². The minimum atomic E-state index is -0.550. The molecule has 1 amide bonds. The number of amides is 1. The molecule has 1 fully saturated rings. The molecule has 29 heavy (non-hydrogen) atoms. The molecular weight excluding hydrogens is 427 g/mol. The Morgan fingerprint density at radius 1 is 1.17 bits per heavy atom. The molecule has 2 aromatic rings. The fraction of sp³-hybridized carbons (Fsp3) is 0.435. The van der Waals surface area contributed by atoms with Crippen LogP contribution in [-0.2, 0) is 10.2 Å². The van der Waals surface area contributed by atoms with Gasteiger partial charge in [-0.1, -0.05) is 0 Å². The summed E-state index contributed by atoms with van der Waals surface area (Å²) in [5.41, 5.74) is 9.68. The zero-order valence-corrected chi connectivity index (χ0v) is 18.8. The van der Waals surface area contributed by atoms with E-state index in [9.17, 15) is 10.3 Å². The summed E-state index contributed by atoms with van der Waals surface area (Å²) in [6.45, 7) is 5.43. The van der Waals surface area contributed by atoms with Crippen molar-refractivity contribution in [2.45, 2.75) is 43.5 Å². The Balaban J connectivity index is 1.80. The van der Waals surface area contributed by atoms with Crippen LogP contribution in [0.3, 0.4) is 0 Å². The van der Waals surface area contributed by atoms with E-state index in [1.165, 1.54) is 4.46 Å². The number of azide groups is 1. The third-order valence-electron chi connectivity index (χ3n) is 5.83. The van der Waals surface area contributed by atoms with Crippen molar-refractivity contribution >= 4 is 25.3 Å². The zero-order valence-electron chi connectivity index (χ0n) is 17.1. The SMILES string of the molecule is CCN(CC)C(=O)[C@@]1(c2ccccc2)C[C@H]1[C@H](CC[Se]c1ccccc1)N=[N+]=[N-]. The van der Waals surface area contributed by atoms with E-state index in [0.717, 1.165) is 23.7 Å². The van der Waals surface area contributed by atoms with E-state index in [0.29, 0.717) is 28.0 Å². The maximum atomic E-state index is 13.5. The Kier molecular flexibility index (Phi) is 7.38. The Labute approximate surface area is 179 Å². The van der Waals surface area contributed by atoms with E-state index in [2.05, 4.69) is 34.3 Å². The van der Waals surface area contributed by atoms with Crippen LogP contribution < -0.4 is 4.46 Å². The van der Waals surface area contributed by atoms with Crippen LogP contribution in [0.2, 0.25) is 5.32 Å². The standard InChI is InChI=1S/C23H28N4OSe/c1-3-27(4-2)22(28)23(18-11-7-5-8-12-18)17-20(23)21(25-26-24)15-16-29-19-13-9-6-10-14-19/h5-14,20-21H,3-4,15-17H2,1-2H3/t20-,21-,23+/m0/s1. The second kappa shape index (κ2) is 9.98. The molecule has 2 aromatic carbocycles. The van der Waals surface area contributed by atoms with Crippen molar-refractivity contribution in [1.82, 2.24) is 4.90 Å². The normalized spacial score (nSPS) is 21.1. The Hall–Kier alpha value is -2.26. The van der Waals surface area contributed by atoms with Crippen LogP contribution in [0.1, 0.15) is 32.3 Å². The summed E-state index contributed by atoms with van der Waals surface area (Å²) in [5.74, 6) is 0.242. The monoisotopic (exact) mass is 456 g/mol. The Morgan fingerprint density at radius 2 is 1.79 bits per heavy atom. The van der Waals surface area contributed by atoms with Crippen molar-refractivity contribution < 1.29 is 4.79 Å². The van der Waals surface area contributed by atoms with Crippen LogP contribution in [0.4, 0.5) is 0 Å².